The van der Waals surface area contributed by atoms with Gasteiger partial charge in [0.05, 0.1) is 26.4 Å². The number of phosphoric ester groups is 2. The third-order valence-electron chi connectivity index (χ3n) is 17.0. The molecule has 0 radical (unpaired) electrons. The van der Waals surface area contributed by atoms with Crippen molar-refractivity contribution in [3.63, 3.8) is 0 Å². The fourth-order valence-electron chi connectivity index (χ4n) is 10.8. The number of aliphatic hydroxyl groups is 1. The summed E-state index contributed by atoms with van der Waals surface area (Å²) < 4.78 is 68.5. The van der Waals surface area contributed by atoms with E-state index < -0.39 is 97.5 Å². The maximum atomic E-state index is 13.1. The zero-order chi connectivity index (χ0) is 71.8. The van der Waals surface area contributed by atoms with E-state index in [4.69, 9.17) is 37.0 Å². The molecule has 0 aliphatic carbocycles. The number of carbonyl (C=O) groups excluding carboxylic acids is 4. The number of phosphoric acid groups is 2. The molecule has 0 aromatic rings. The molecule has 0 saturated carbocycles. The largest absolute Gasteiger partial charge is 0.472 e. The van der Waals surface area contributed by atoms with Gasteiger partial charge in [-0.25, -0.2) is 9.13 Å². The molecule has 0 rings (SSSR count). The minimum Gasteiger partial charge on any atom is -0.462 e. The molecular formula is C79H144O17P2. The van der Waals surface area contributed by atoms with Crippen molar-refractivity contribution in [3.05, 3.63) is 60.8 Å². The first-order valence-corrected chi connectivity index (χ1v) is 42.5. The van der Waals surface area contributed by atoms with Crippen LogP contribution in [0.3, 0.4) is 0 Å². The van der Waals surface area contributed by atoms with E-state index in [1.807, 2.05) is 0 Å². The van der Waals surface area contributed by atoms with Gasteiger partial charge in [0, 0.05) is 25.7 Å². The molecule has 19 heteroatoms. The van der Waals surface area contributed by atoms with E-state index in [1.54, 1.807) is 0 Å². The van der Waals surface area contributed by atoms with Crippen LogP contribution >= 0.6 is 15.6 Å². The number of hydrogen-bond acceptors (Lipinski definition) is 15. The van der Waals surface area contributed by atoms with Crippen molar-refractivity contribution in [2.24, 2.45) is 0 Å². The highest BCUT2D eigenvalue weighted by atomic mass is 31.2. The standard InChI is InChI=1S/C79H144O17P2/c1-5-9-13-17-21-25-29-33-36-40-43-47-51-55-59-63-76(81)89-69-74(95-78(83)65-61-57-53-49-45-39-32-28-24-20-16-12-8-4)71-93-97(85,86)91-67-73(80)68-92-98(87,88)94-72-75(96-79(84)66-62-58-54-50-46-42-38-35-31-27-23-19-15-11-7-3)70-90-77(82)64-60-56-52-48-44-41-37-34-30-26-22-18-14-10-6-2/h25,28-29,32-38,73-75,80H,5-24,26-27,30-31,39-72H2,1-4H3,(H,85,86)(H,87,88)/b29-25-,32-28-,36-33-,37-34-,38-35-/t73-,74-,75-/m1/s1. The summed E-state index contributed by atoms with van der Waals surface area (Å²) in [6.45, 7) is 4.84. The molecule has 0 heterocycles. The van der Waals surface area contributed by atoms with Gasteiger partial charge in [-0.3, -0.25) is 37.3 Å². The Morgan fingerprint density at radius 2 is 0.500 bits per heavy atom. The number of ether oxygens (including phenoxy) is 4. The molecule has 572 valence electrons. The zero-order valence-corrected chi connectivity index (χ0v) is 64.3. The Morgan fingerprint density at radius 1 is 0.286 bits per heavy atom. The minimum atomic E-state index is -4.97. The first kappa shape index (κ1) is 94.8. The third kappa shape index (κ3) is 71.2. The summed E-state index contributed by atoms with van der Waals surface area (Å²) in [7, 11) is -9.95. The average molecular weight is 1430 g/mol. The van der Waals surface area contributed by atoms with E-state index in [2.05, 4.69) is 88.5 Å². The van der Waals surface area contributed by atoms with Crippen LogP contribution in [0.15, 0.2) is 60.8 Å². The van der Waals surface area contributed by atoms with E-state index in [-0.39, 0.29) is 25.7 Å². The van der Waals surface area contributed by atoms with E-state index in [1.165, 1.54) is 128 Å². The normalized spacial score (nSPS) is 14.2. The molecule has 17 nitrogen and oxygen atoms in total. The topological polar surface area (TPSA) is 237 Å². The number of hydrogen-bond donors (Lipinski definition) is 3. The van der Waals surface area contributed by atoms with Crippen LogP contribution in [0.1, 0.15) is 362 Å². The quantitative estimate of drug-likeness (QED) is 0.0128. The van der Waals surface area contributed by atoms with Gasteiger partial charge in [0.25, 0.3) is 0 Å². The second kappa shape index (κ2) is 72.1. The van der Waals surface area contributed by atoms with Crippen molar-refractivity contribution in [1.29, 1.82) is 0 Å². The van der Waals surface area contributed by atoms with Crippen LogP contribution in [0.5, 0.6) is 0 Å². The Kier molecular flexibility index (Phi) is 69.7. The predicted octanol–water partition coefficient (Wildman–Crippen LogP) is 22.7. The van der Waals surface area contributed by atoms with Gasteiger partial charge in [0.1, 0.15) is 19.3 Å². The van der Waals surface area contributed by atoms with Crippen molar-refractivity contribution in [3.8, 4) is 0 Å². The van der Waals surface area contributed by atoms with Crippen molar-refractivity contribution in [2.45, 2.75) is 380 Å². The van der Waals surface area contributed by atoms with Gasteiger partial charge in [-0.15, -0.1) is 0 Å². The maximum absolute atomic E-state index is 13.1. The lowest BCUT2D eigenvalue weighted by molar-refractivity contribution is -0.161. The molecule has 0 saturated heterocycles. The van der Waals surface area contributed by atoms with Gasteiger partial charge in [0.2, 0.25) is 0 Å². The van der Waals surface area contributed by atoms with Crippen molar-refractivity contribution in [1.82, 2.24) is 0 Å². The first-order valence-electron chi connectivity index (χ1n) is 39.5. The maximum Gasteiger partial charge on any atom is 0.472 e. The highest BCUT2D eigenvalue weighted by Crippen LogP contribution is 2.45. The zero-order valence-electron chi connectivity index (χ0n) is 62.5. The molecule has 0 bridgehead atoms. The number of rotatable bonds is 75. The Labute approximate surface area is 597 Å². The fourth-order valence-corrected chi connectivity index (χ4v) is 12.4. The van der Waals surface area contributed by atoms with Gasteiger partial charge >= 0.3 is 39.5 Å². The Hall–Kier alpha value is -3.24. The fraction of sp³-hybridized carbons (Fsp3) is 0.823. The summed E-state index contributed by atoms with van der Waals surface area (Å²) in [5.41, 5.74) is 0. The third-order valence-corrected chi connectivity index (χ3v) is 18.9. The Balaban J connectivity index is 5.35. The van der Waals surface area contributed by atoms with Gasteiger partial charge in [0.15, 0.2) is 12.2 Å². The monoisotopic (exact) mass is 1430 g/mol. The number of carbonyl (C=O) groups is 4. The number of aliphatic hydroxyl groups excluding tert-OH is 1. The highest BCUT2D eigenvalue weighted by molar-refractivity contribution is 7.47. The van der Waals surface area contributed by atoms with Crippen LogP contribution in [0.25, 0.3) is 0 Å². The summed E-state index contributed by atoms with van der Waals surface area (Å²) in [5, 5.41) is 10.6. The SMILES string of the molecule is CCCCCC/C=C\C=C/CCCCCCCC(=O)OC[C@H](COP(=O)(O)OC[C@@H](O)COP(=O)(O)OC[C@@H](COC(=O)CCCCCCC/C=C\CCCCCCCC)OC(=O)CCCCCCC/C=C\CCCCCCCC)OC(=O)CCCCCCC/C=C\CCCCCC. The number of unbranched alkanes of at least 4 members (excludes halogenated alkanes) is 40. The highest BCUT2D eigenvalue weighted by Gasteiger charge is 2.30. The van der Waals surface area contributed by atoms with Gasteiger partial charge in [-0.1, -0.05) is 268 Å². The van der Waals surface area contributed by atoms with E-state index >= 15 is 0 Å². The van der Waals surface area contributed by atoms with E-state index in [0.29, 0.717) is 25.7 Å². The molecule has 5 atom stereocenters. The minimum absolute atomic E-state index is 0.0846. The molecule has 0 aliphatic heterocycles. The molecule has 98 heavy (non-hydrogen) atoms. The van der Waals surface area contributed by atoms with Crippen LogP contribution in [0, 0.1) is 0 Å². The molecule has 0 aromatic carbocycles. The lowest BCUT2D eigenvalue weighted by atomic mass is 10.1. The van der Waals surface area contributed by atoms with Gasteiger partial charge in [-0.2, -0.15) is 0 Å². The molecule has 0 aliphatic rings. The van der Waals surface area contributed by atoms with Crippen molar-refractivity contribution < 1.29 is 80.2 Å². The Bertz CT molecular complexity index is 2100. The molecule has 3 N–H and O–H groups in total. The van der Waals surface area contributed by atoms with Crippen LogP contribution in [0.2, 0.25) is 0 Å². The van der Waals surface area contributed by atoms with Gasteiger partial charge in [-0.05, 0) is 128 Å². The smallest absolute Gasteiger partial charge is 0.462 e. The lowest BCUT2D eigenvalue weighted by Gasteiger charge is -2.21. The van der Waals surface area contributed by atoms with Crippen LogP contribution in [-0.4, -0.2) is 96.7 Å². The summed E-state index contributed by atoms with van der Waals surface area (Å²) >= 11 is 0. The Morgan fingerprint density at radius 3 is 0.776 bits per heavy atom. The lowest BCUT2D eigenvalue weighted by Crippen LogP contribution is -2.30. The second-order valence-electron chi connectivity index (χ2n) is 26.7. The van der Waals surface area contributed by atoms with Crippen LogP contribution in [-0.2, 0) is 65.4 Å². The average Bonchev–Trinajstić information content (AvgIpc) is 0.959. The summed E-state index contributed by atoms with van der Waals surface area (Å²) in [4.78, 5) is 72.9. The summed E-state index contributed by atoms with van der Waals surface area (Å²) in [6.07, 6.45) is 70.5. The number of allylic oxidation sites excluding steroid dienone is 10. The summed E-state index contributed by atoms with van der Waals surface area (Å²) in [5.74, 6) is -2.19. The molecule has 0 amide bonds. The molecule has 2 unspecified atom stereocenters. The summed E-state index contributed by atoms with van der Waals surface area (Å²) in [6, 6.07) is 0. The molecule has 0 spiro atoms. The predicted molar refractivity (Wildman–Crippen MR) is 400 cm³/mol. The molecule has 0 fully saturated rings. The van der Waals surface area contributed by atoms with E-state index in [0.717, 1.165) is 154 Å². The first-order chi connectivity index (χ1) is 47.7. The second-order valence-corrected chi connectivity index (χ2v) is 29.6. The van der Waals surface area contributed by atoms with Crippen LogP contribution < -0.4 is 0 Å². The van der Waals surface area contributed by atoms with Crippen molar-refractivity contribution >= 4 is 39.5 Å². The van der Waals surface area contributed by atoms with Crippen LogP contribution in [0.4, 0.5) is 0 Å². The number of esters is 4. The van der Waals surface area contributed by atoms with Crippen molar-refractivity contribution in [2.75, 3.05) is 39.6 Å². The molecule has 0 aromatic heterocycles. The van der Waals surface area contributed by atoms with Gasteiger partial charge < -0.3 is 33.8 Å². The van der Waals surface area contributed by atoms with E-state index in [9.17, 15) is 43.2 Å². The molecular weight excluding hydrogens is 1280 g/mol.